The van der Waals surface area contributed by atoms with E-state index in [-0.39, 0.29) is 11.3 Å². The minimum absolute atomic E-state index is 0.0787. The van der Waals surface area contributed by atoms with Gasteiger partial charge in [0.25, 0.3) is 11.5 Å². The molecule has 1 heterocycles. The molecule has 0 aliphatic heterocycles. The van der Waals surface area contributed by atoms with E-state index in [9.17, 15) is 9.59 Å². The van der Waals surface area contributed by atoms with E-state index in [2.05, 4.69) is 20.7 Å². The third kappa shape index (κ3) is 3.25. The number of nitrogens with zero attached hydrogens (tertiary/aromatic N) is 2. The van der Waals surface area contributed by atoms with Gasteiger partial charge in [-0.1, -0.05) is 24.3 Å². The number of nitrogens with one attached hydrogen (secondary N) is 2. The lowest BCUT2D eigenvalue weighted by molar-refractivity contribution is 0.0951. The summed E-state index contributed by atoms with van der Waals surface area (Å²) in [4.78, 5) is 24.2. The molecule has 0 aliphatic carbocycles. The SMILES string of the molecule is COc1cccc(/C=N/NC(=O)c2n[nH]c(=O)c3ccccc23)c1OC. The van der Waals surface area contributed by atoms with Crippen molar-refractivity contribution < 1.29 is 14.3 Å². The van der Waals surface area contributed by atoms with Crippen LogP contribution in [0.2, 0.25) is 0 Å². The Labute approximate surface area is 148 Å². The molecule has 2 N–H and O–H groups in total. The fourth-order valence-corrected chi connectivity index (χ4v) is 2.51. The largest absolute Gasteiger partial charge is 0.493 e. The number of rotatable bonds is 5. The summed E-state index contributed by atoms with van der Waals surface area (Å²) in [5.41, 5.74) is 2.75. The standard InChI is InChI=1S/C18H16N4O4/c1-25-14-9-5-6-11(16(14)26-2)10-19-21-18(24)15-12-7-3-4-8-13(12)17(23)22-20-15/h3-10H,1-2H3,(H,21,24)(H,22,23)/b19-10+. The van der Waals surface area contributed by atoms with Crippen molar-refractivity contribution in [3.8, 4) is 11.5 Å². The third-order valence-electron chi connectivity index (χ3n) is 3.71. The maximum absolute atomic E-state index is 12.4. The van der Waals surface area contributed by atoms with Crippen molar-refractivity contribution in [2.75, 3.05) is 14.2 Å². The van der Waals surface area contributed by atoms with Gasteiger partial charge in [0.2, 0.25) is 0 Å². The van der Waals surface area contributed by atoms with Crippen molar-refractivity contribution in [2.45, 2.75) is 0 Å². The van der Waals surface area contributed by atoms with Crippen LogP contribution in [0, 0.1) is 0 Å². The van der Waals surface area contributed by atoms with Crippen molar-refractivity contribution >= 4 is 22.9 Å². The Bertz CT molecular complexity index is 1040. The number of fused-ring (bicyclic) bond motifs is 1. The predicted octanol–water partition coefficient (Wildman–Crippen LogP) is 1.70. The van der Waals surface area contributed by atoms with Crippen molar-refractivity contribution in [3.05, 3.63) is 64.1 Å². The van der Waals surface area contributed by atoms with Gasteiger partial charge in [0.05, 0.1) is 25.8 Å². The number of para-hydroxylation sites is 1. The number of benzene rings is 2. The molecule has 132 valence electrons. The normalized spacial score (nSPS) is 10.8. The Morgan fingerprint density at radius 2 is 1.88 bits per heavy atom. The molecule has 0 bridgehead atoms. The zero-order valence-corrected chi connectivity index (χ0v) is 14.1. The molecule has 0 saturated carbocycles. The second kappa shape index (κ2) is 7.47. The number of amides is 1. The summed E-state index contributed by atoms with van der Waals surface area (Å²) in [6.07, 6.45) is 1.44. The van der Waals surface area contributed by atoms with Crippen LogP contribution in [-0.2, 0) is 0 Å². The zero-order chi connectivity index (χ0) is 18.5. The molecule has 26 heavy (non-hydrogen) atoms. The molecule has 8 nitrogen and oxygen atoms in total. The third-order valence-corrected chi connectivity index (χ3v) is 3.71. The molecule has 0 fully saturated rings. The molecule has 2 aromatic carbocycles. The van der Waals surface area contributed by atoms with Gasteiger partial charge in [-0.2, -0.15) is 10.2 Å². The van der Waals surface area contributed by atoms with Crippen molar-refractivity contribution in [2.24, 2.45) is 5.10 Å². The van der Waals surface area contributed by atoms with E-state index in [0.29, 0.717) is 27.8 Å². The molecular weight excluding hydrogens is 336 g/mol. The Morgan fingerprint density at radius 1 is 1.12 bits per heavy atom. The molecule has 8 heteroatoms. The lowest BCUT2D eigenvalue weighted by atomic mass is 10.1. The van der Waals surface area contributed by atoms with Crippen molar-refractivity contribution in [1.82, 2.24) is 15.6 Å². The number of carbonyl (C=O) groups is 1. The van der Waals surface area contributed by atoms with Gasteiger partial charge >= 0.3 is 0 Å². The fraction of sp³-hybridized carbons (Fsp3) is 0.111. The Balaban J connectivity index is 1.85. The highest BCUT2D eigenvalue weighted by Gasteiger charge is 2.13. The molecule has 3 aromatic rings. The van der Waals surface area contributed by atoms with Crippen LogP contribution >= 0.6 is 0 Å². The first-order valence-corrected chi connectivity index (χ1v) is 7.67. The number of H-pyrrole nitrogens is 1. The highest BCUT2D eigenvalue weighted by Crippen LogP contribution is 2.29. The number of aromatic amines is 1. The number of hydrogen-bond donors (Lipinski definition) is 2. The van der Waals surface area contributed by atoms with Crippen LogP contribution in [0.15, 0.2) is 52.4 Å². The lowest BCUT2D eigenvalue weighted by Crippen LogP contribution is -2.22. The number of aromatic nitrogens is 2. The van der Waals surface area contributed by atoms with E-state index < -0.39 is 5.91 Å². The van der Waals surface area contributed by atoms with E-state index in [1.807, 2.05) is 0 Å². The molecule has 0 saturated heterocycles. The topological polar surface area (TPSA) is 106 Å². The van der Waals surface area contributed by atoms with Gasteiger partial charge in [0.15, 0.2) is 17.2 Å². The summed E-state index contributed by atoms with van der Waals surface area (Å²) in [7, 11) is 3.05. The molecule has 1 aromatic heterocycles. The number of ether oxygens (including phenoxy) is 2. The van der Waals surface area contributed by atoms with Crippen LogP contribution in [-0.4, -0.2) is 36.5 Å². The monoisotopic (exact) mass is 352 g/mol. The maximum Gasteiger partial charge on any atom is 0.292 e. The average Bonchev–Trinajstić information content (AvgIpc) is 2.68. The smallest absolute Gasteiger partial charge is 0.292 e. The van der Waals surface area contributed by atoms with Crippen LogP contribution < -0.4 is 20.5 Å². The number of carbonyl (C=O) groups excluding carboxylic acids is 1. The summed E-state index contributed by atoms with van der Waals surface area (Å²) in [5.74, 6) is 0.507. The molecule has 3 rings (SSSR count). The second-order valence-corrected chi connectivity index (χ2v) is 5.23. The molecule has 0 radical (unpaired) electrons. The first-order chi connectivity index (χ1) is 12.7. The summed E-state index contributed by atoms with van der Waals surface area (Å²) in [6.45, 7) is 0. The first-order valence-electron chi connectivity index (χ1n) is 7.67. The number of methoxy groups -OCH3 is 2. The predicted molar refractivity (Wildman–Crippen MR) is 97.0 cm³/mol. The molecular formula is C18H16N4O4. The van der Waals surface area contributed by atoms with E-state index >= 15 is 0 Å². The van der Waals surface area contributed by atoms with Crippen molar-refractivity contribution in [3.63, 3.8) is 0 Å². The van der Waals surface area contributed by atoms with Gasteiger partial charge in [-0.3, -0.25) is 9.59 Å². The maximum atomic E-state index is 12.4. The highest BCUT2D eigenvalue weighted by atomic mass is 16.5. The minimum Gasteiger partial charge on any atom is -0.493 e. The average molecular weight is 352 g/mol. The Morgan fingerprint density at radius 3 is 2.62 bits per heavy atom. The summed E-state index contributed by atoms with van der Waals surface area (Å²) in [5, 5.41) is 10.9. The Kier molecular flexibility index (Phi) is 4.93. The fourth-order valence-electron chi connectivity index (χ4n) is 2.51. The van der Waals surface area contributed by atoms with Crippen LogP contribution in [0.25, 0.3) is 10.8 Å². The molecule has 0 aliphatic rings. The summed E-state index contributed by atoms with van der Waals surface area (Å²) in [6, 6.07) is 12.0. The molecule has 0 unspecified atom stereocenters. The van der Waals surface area contributed by atoms with Gasteiger partial charge in [-0.05, 0) is 18.2 Å². The van der Waals surface area contributed by atoms with Gasteiger partial charge in [0, 0.05) is 10.9 Å². The van der Waals surface area contributed by atoms with Gasteiger partial charge in [-0.15, -0.1) is 0 Å². The van der Waals surface area contributed by atoms with Gasteiger partial charge in [-0.25, -0.2) is 10.5 Å². The van der Waals surface area contributed by atoms with Crippen LogP contribution in [0.5, 0.6) is 11.5 Å². The van der Waals surface area contributed by atoms with Crippen LogP contribution in [0.3, 0.4) is 0 Å². The quantitative estimate of drug-likeness (QED) is 0.537. The number of hydrazone groups is 1. The van der Waals surface area contributed by atoms with Crippen LogP contribution in [0.4, 0.5) is 0 Å². The lowest BCUT2D eigenvalue weighted by Gasteiger charge is -2.09. The van der Waals surface area contributed by atoms with Crippen LogP contribution in [0.1, 0.15) is 16.1 Å². The van der Waals surface area contributed by atoms with E-state index in [4.69, 9.17) is 9.47 Å². The summed E-state index contributed by atoms with van der Waals surface area (Å²) >= 11 is 0. The van der Waals surface area contributed by atoms with Gasteiger partial charge < -0.3 is 9.47 Å². The Hall–Kier alpha value is -3.68. The van der Waals surface area contributed by atoms with Gasteiger partial charge in [0.1, 0.15) is 0 Å². The summed E-state index contributed by atoms with van der Waals surface area (Å²) < 4.78 is 10.5. The molecule has 0 spiro atoms. The second-order valence-electron chi connectivity index (χ2n) is 5.23. The number of hydrogen-bond acceptors (Lipinski definition) is 6. The van der Waals surface area contributed by atoms with Crippen molar-refractivity contribution in [1.29, 1.82) is 0 Å². The van der Waals surface area contributed by atoms with E-state index in [0.717, 1.165) is 0 Å². The first kappa shape index (κ1) is 17.2. The molecule has 0 atom stereocenters. The highest BCUT2D eigenvalue weighted by molar-refractivity contribution is 6.04. The van der Waals surface area contributed by atoms with E-state index in [1.54, 1.807) is 42.5 Å². The zero-order valence-electron chi connectivity index (χ0n) is 14.1. The molecule has 1 amide bonds. The van der Waals surface area contributed by atoms with E-state index in [1.165, 1.54) is 20.4 Å². The minimum atomic E-state index is -0.546.